The molecule has 5 nitrogen and oxygen atoms in total. The second-order valence-electron chi connectivity index (χ2n) is 6.18. The summed E-state index contributed by atoms with van der Waals surface area (Å²) < 4.78 is 0. The fraction of sp³-hybridized carbons (Fsp3) is 0.0870. The van der Waals surface area contributed by atoms with Crippen molar-refractivity contribution in [2.45, 2.75) is 6.42 Å². The van der Waals surface area contributed by atoms with Gasteiger partial charge in [0.25, 0.3) is 11.8 Å². The highest BCUT2D eigenvalue weighted by atomic mass is 16.2. The first-order valence-corrected chi connectivity index (χ1v) is 8.90. The number of benzene rings is 3. The third kappa shape index (κ3) is 4.83. The zero-order valence-electron chi connectivity index (χ0n) is 15.2. The first-order valence-electron chi connectivity index (χ1n) is 8.90. The van der Waals surface area contributed by atoms with Crippen molar-refractivity contribution in [2.24, 2.45) is 0 Å². The van der Waals surface area contributed by atoms with Crippen molar-refractivity contribution < 1.29 is 9.59 Å². The van der Waals surface area contributed by atoms with E-state index >= 15 is 0 Å². The Hall–Kier alpha value is -3.91. The molecule has 5 heteroatoms. The minimum atomic E-state index is -0.339. The van der Waals surface area contributed by atoms with Crippen LogP contribution in [0.15, 0.2) is 78.9 Å². The maximum Gasteiger partial charge on any atom is 0.255 e. The molecule has 0 aliphatic heterocycles. The summed E-state index contributed by atoms with van der Waals surface area (Å²) in [6, 6.07) is 25.1. The average Bonchev–Trinajstić information content (AvgIpc) is 2.75. The first kappa shape index (κ1) is 18.9. The van der Waals surface area contributed by atoms with Crippen molar-refractivity contribution in [3.8, 4) is 6.07 Å². The smallest absolute Gasteiger partial charge is 0.255 e. The number of para-hydroxylation sites is 1. The summed E-state index contributed by atoms with van der Waals surface area (Å²) in [7, 11) is 0. The van der Waals surface area contributed by atoms with E-state index in [1.165, 1.54) is 0 Å². The van der Waals surface area contributed by atoms with Crippen LogP contribution in [0.5, 0.6) is 0 Å². The van der Waals surface area contributed by atoms with Gasteiger partial charge in [-0.15, -0.1) is 0 Å². The highest BCUT2D eigenvalue weighted by molar-refractivity contribution is 6.09. The quantitative estimate of drug-likeness (QED) is 0.694. The molecule has 0 unspecified atom stereocenters. The number of hydrogen-bond acceptors (Lipinski definition) is 3. The largest absolute Gasteiger partial charge is 0.352 e. The normalized spacial score (nSPS) is 9.96. The van der Waals surface area contributed by atoms with Crippen molar-refractivity contribution in [3.63, 3.8) is 0 Å². The summed E-state index contributed by atoms with van der Waals surface area (Å²) in [6.45, 7) is 0.501. The lowest BCUT2D eigenvalue weighted by Crippen LogP contribution is -2.27. The van der Waals surface area contributed by atoms with Crippen LogP contribution in [0.4, 0.5) is 5.69 Å². The van der Waals surface area contributed by atoms with Crippen LogP contribution in [-0.2, 0) is 6.42 Å². The van der Waals surface area contributed by atoms with Gasteiger partial charge in [0.05, 0.1) is 22.9 Å². The van der Waals surface area contributed by atoms with E-state index in [0.717, 1.165) is 12.0 Å². The Kier molecular flexibility index (Phi) is 6.17. The number of amides is 2. The Bertz CT molecular complexity index is 1010. The third-order valence-electron chi connectivity index (χ3n) is 4.24. The van der Waals surface area contributed by atoms with E-state index in [-0.39, 0.29) is 11.8 Å². The van der Waals surface area contributed by atoms with Crippen LogP contribution in [0.1, 0.15) is 31.8 Å². The lowest BCUT2D eigenvalue weighted by Gasteiger charge is -2.11. The summed E-state index contributed by atoms with van der Waals surface area (Å²) in [5.41, 5.74) is 2.88. The maximum atomic E-state index is 12.6. The molecule has 3 aromatic carbocycles. The Morgan fingerprint density at radius 2 is 1.50 bits per heavy atom. The molecule has 0 radical (unpaired) electrons. The van der Waals surface area contributed by atoms with Crippen LogP contribution in [0.25, 0.3) is 0 Å². The molecule has 3 aromatic rings. The van der Waals surface area contributed by atoms with Crippen LogP contribution in [0.3, 0.4) is 0 Å². The molecule has 0 fully saturated rings. The van der Waals surface area contributed by atoms with Crippen LogP contribution in [0.2, 0.25) is 0 Å². The third-order valence-corrected chi connectivity index (χ3v) is 4.24. The molecular weight excluding hydrogens is 350 g/mol. The van der Waals surface area contributed by atoms with Gasteiger partial charge in [-0.3, -0.25) is 9.59 Å². The van der Waals surface area contributed by atoms with E-state index in [0.29, 0.717) is 28.9 Å². The Labute approximate surface area is 163 Å². The minimum Gasteiger partial charge on any atom is -0.352 e. The van der Waals surface area contributed by atoms with Crippen LogP contribution in [-0.4, -0.2) is 18.4 Å². The van der Waals surface area contributed by atoms with Gasteiger partial charge in [0.15, 0.2) is 0 Å². The SMILES string of the molecule is N#Cc1ccc(C(=O)Nc2ccccc2C(=O)NCCc2ccccc2)cc1. The minimum absolute atomic E-state index is 0.244. The van der Waals surface area contributed by atoms with Gasteiger partial charge in [-0.05, 0) is 48.4 Å². The molecule has 0 atom stereocenters. The van der Waals surface area contributed by atoms with Gasteiger partial charge in [-0.25, -0.2) is 0 Å². The number of nitrogens with zero attached hydrogens (tertiary/aromatic N) is 1. The predicted molar refractivity (Wildman–Crippen MR) is 108 cm³/mol. The van der Waals surface area contributed by atoms with E-state index < -0.39 is 0 Å². The summed E-state index contributed by atoms with van der Waals surface area (Å²) in [6.07, 6.45) is 0.729. The number of rotatable bonds is 6. The molecule has 0 aliphatic carbocycles. The van der Waals surface area contributed by atoms with E-state index in [9.17, 15) is 9.59 Å². The standard InChI is InChI=1S/C23H19N3O2/c24-16-18-10-12-19(13-11-18)22(27)26-21-9-5-4-8-20(21)23(28)25-15-14-17-6-2-1-3-7-17/h1-13H,14-15H2,(H,25,28)(H,26,27). The second kappa shape index (κ2) is 9.15. The van der Waals surface area contributed by atoms with Crippen LogP contribution < -0.4 is 10.6 Å². The van der Waals surface area contributed by atoms with Gasteiger partial charge < -0.3 is 10.6 Å². The Morgan fingerprint density at radius 3 is 2.21 bits per heavy atom. The average molecular weight is 369 g/mol. The first-order chi connectivity index (χ1) is 13.7. The summed E-state index contributed by atoms with van der Waals surface area (Å²) >= 11 is 0. The lowest BCUT2D eigenvalue weighted by molar-refractivity contribution is 0.0955. The van der Waals surface area contributed by atoms with Crippen molar-refractivity contribution in [1.29, 1.82) is 5.26 Å². The highest BCUT2D eigenvalue weighted by Gasteiger charge is 2.14. The molecule has 0 bridgehead atoms. The van der Waals surface area contributed by atoms with Crippen LogP contribution >= 0.6 is 0 Å². The predicted octanol–water partition coefficient (Wildman–Crippen LogP) is 3.78. The number of anilines is 1. The van der Waals surface area contributed by atoms with Gasteiger partial charge in [0.2, 0.25) is 0 Å². The topological polar surface area (TPSA) is 82.0 Å². The zero-order valence-corrected chi connectivity index (χ0v) is 15.2. The molecule has 0 spiro atoms. The van der Waals surface area contributed by atoms with Crippen molar-refractivity contribution in [2.75, 3.05) is 11.9 Å². The molecule has 0 saturated heterocycles. The van der Waals surface area contributed by atoms with Gasteiger partial charge >= 0.3 is 0 Å². The highest BCUT2D eigenvalue weighted by Crippen LogP contribution is 2.16. The van der Waals surface area contributed by atoms with E-state index in [2.05, 4.69) is 10.6 Å². The molecule has 2 amide bonds. The lowest BCUT2D eigenvalue weighted by atomic mass is 10.1. The maximum absolute atomic E-state index is 12.6. The van der Waals surface area contributed by atoms with Crippen LogP contribution in [0, 0.1) is 11.3 Å². The number of hydrogen-bond donors (Lipinski definition) is 2. The van der Waals surface area contributed by atoms with Gasteiger partial charge in [0, 0.05) is 12.1 Å². The van der Waals surface area contributed by atoms with Crippen molar-refractivity contribution in [1.82, 2.24) is 5.32 Å². The number of nitrogens with one attached hydrogen (secondary N) is 2. The summed E-state index contributed by atoms with van der Waals surface area (Å²) in [5.74, 6) is -0.583. The van der Waals surface area contributed by atoms with E-state index in [1.807, 2.05) is 36.4 Å². The number of carbonyl (C=O) groups excluding carboxylic acids is 2. The molecule has 0 heterocycles. The summed E-state index contributed by atoms with van der Waals surface area (Å²) in [5, 5.41) is 14.5. The molecule has 0 aromatic heterocycles. The van der Waals surface area contributed by atoms with Crippen molar-refractivity contribution in [3.05, 3.63) is 101 Å². The molecule has 0 aliphatic rings. The zero-order chi connectivity index (χ0) is 19.8. The van der Waals surface area contributed by atoms with Gasteiger partial charge in [0.1, 0.15) is 0 Å². The van der Waals surface area contributed by atoms with Gasteiger partial charge in [-0.2, -0.15) is 5.26 Å². The number of carbonyl (C=O) groups is 2. The molecule has 3 rings (SSSR count). The van der Waals surface area contributed by atoms with Crippen molar-refractivity contribution >= 4 is 17.5 Å². The fourth-order valence-corrected chi connectivity index (χ4v) is 2.74. The Morgan fingerprint density at radius 1 is 0.821 bits per heavy atom. The monoisotopic (exact) mass is 369 g/mol. The number of nitriles is 1. The molecule has 28 heavy (non-hydrogen) atoms. The summed E-state index contributed by atoms with van der Waals surface area (Å²) in [4.78, 5) is 25.0. The van der Waals surface area contributed by atoms with E-state index in [4.69, 9.17) is 5.26 Å². The van der Waals surface area contributed by atoms with Gasteiger partial charge in [-0.1, -0.05) is 42.5 Å². The second-order valence-corrected chi connectivity index (χ2v) is 6.18. The molecule has 138 valence electrons. The Balaban J connectivity index is 1.65. The van der Waals surface area contributed by atoms with E-state index in [1.54, 1.807) is 48.5 Å². The molecule has 0 saturated carbocycles. The molecular formula is C23H19N3O2. The molecule has 2 N–H and O–H groups in total. The fourth-order valence-electron chi connectivity index (χ4n) is 2.74.